The first kappa shape index (κ1) is 18.1. The molecular formula is C19H23FN6S. The number of benzene rings is 1. The molecule has 0 unspecified atom stereocenters. The number of hydrogen-bond donors (Lipinski definition) is 0. The number of aromatic nitrogens is 4. The lowest BCUT2D eigenvalue weighted by Crippen LogP contribution is -2.48. The first-order chi connectivity index (χ1) is 13.2. The zero-order valence-electron chi connectivity index (χ0n) is 15.3. The summed E-state index contributed by atoms with van der Waals surface area (Å²) in [5, 5.41) is 14.6. The summed E-state index contributed by atoms with van der Waals surface area (Å²) in [4.78, 5) is 6.01. The van der Waals surface area contributed by atoms with E-state index in [1.165, 1.54) is 17.0 Å². The molecule has 1 fully saturated rings. The molecule has 0 radical (unpaired) electrons. The van der Waals surface area contributed by atoms with E-state index < -0.39 is 0 Å². The van der Waals surface area contributed by atoms with E-state index in [1.54, 1.807) is 11.3 Å². The van der Waals surface area contributed by atoms with E-state index in [1.807, 2.05) is 16.8 Å². The fourth-order valence-corrected chi connectivity index (χ4v) is 4.35. The summed E-state index contributed by atoms with van der Waals surface area (Å²) < 4.78 is 15.1. The number of nitrogens with zero attached hydrogens (tertiary/aromatic N) is 6. The molecule has 8 heteroatoms. The molecule has 1 aliphatic heterocycles. The van der Waals surface area contributed by atoms with Crippen LogP contribution in [0.3, 0.4) is 0 Å². The number of tetrazole rings is 1. The molecule has 0 spiro atoms. The second-order valence-corrected chi connectivity index (χ2v) is 7.73. The van der Waals surface area contributed by atoms with Crippen molar-refractivity contribution in [3.05, 3.63) is 58.3 Å². The van der Waals surface area contributed by atoms with Gasteiger partial charge in [-0.2, -0.15) is 0 Å². The second kappa shape index (κ2) is 8.14. The molecule has 1 saturated heterocycles. The van der Waals surface area contributed by atoms with Crippen molar-refractivity contribution >= 4 is 17.0 Å². The number of anilines is 1. The van der Waals surface area contributed by atoms with Gasteiger partial charge in [0.05, 0.1) is 12.6 Å². The maximum absolute atomic E-state index is 13.2. The van der Waals surface area contributed by atoms with Gasteiger partial charge in [-0.1, -0.05) is 13.0 Å². The Morgan fingerprint density at radius 3 is 2.56 bits per heavy atom. The SMILES string of the molecule is CC[C@H](c1nnnn1Cc1cccs1)N1CCN(c2ccc(F)cc2)CC1. The molecule has 1 aromatic carbocycles. The molecule has 27 heavy (non-hydrogen) atoms. The first-order valence-electron chi connectivity index (χ1n) is 9.27. The van der Waals surface area contributed by atoms with Crippen LogP contribution in [0.25, 0.3) is 0 Å². The molecule has 0 amide bonds. The van der Waals surface area contributed by atoms with Crippen LogP contribution < -0.4 is 4.90 Å². The Morgan fingerprint density at radius 1 is 1.11 bits per heavy atom. The van der Waals surface area contributed by atoms with E-state index in [4.69, 9.17) is 0 Å². The third-order valence-electron chi connectivity index (χ3n) is 5.08. The predicted molar refractivity (Wildman–Crippen MR) is 104 cm³/mol. The quantitative estimate of drug-likeness (QED) is 0.651. The van der Waals surface area contributed by atoms with Gasteiger partial charge < -0.3 is 4.90 Å². The first-order valence-corrected chi connectivity index (χ1v) is 10.2. The molecule has 1 atom stereocenters. The zero-order chi connectivity index (χ0) is 18.6. The summed E-state index contributed by atoms with van der Waals surface area (Å²) in [5.74, 6) is 0.738. The maximum Gasteiger partial charge on any atom is 0.168 e. The highest BCUT2D eigenvalue weighted by atomic mass is 32.1. The summed E-state index contributed by atoms with van der Waals surface area (Å²) in [6, 6.07) is 11.1. The van der Waals surface area contributed by atoms with Crippen molar-refractivity contribution in [1.29, 1.82) is 0 Å². The number of halogens is 1. The Balaban J connectivity index is 1.44. The van der Waals surface area contributed by atoms with Crippen molar-refractivity contribution in [3.63, 3.8) is 0 Å². The van der Waals surface area contributed by atoms with Crippen molar-refractivity contribution in [1.82, 2.24) is 25.1 Å². The maximum atomic E-state index is 13.2. The highest BCUT2D eigenvalue weighted by Gasteiger charge is 2.28. The van der Waals surface area contributed by atoms with Gasteiger partial charge in [-0.25, -0.2) is 9.07 Å². The van der Waals surface area contributed by atoms with Crippen LogP contribution in [-0.4, -0.2) is 51.3 Å². The van der Waals surface area contributed by atoms with E-state index in [0.29, 0.717) is 6.54 Å². The van der Waals surface area contributed by atoms with Crippen LogP contribution in [-0.2, 0) is 6.54 Å². The van der Waals surface area contributed by atoms with Gasteiger partial charge in [0.2, 0.25) is 0 Å². The van der Waals surface area contributed by atoms with Gasteiger partial charge in [-0.05, 0) is 52.6 Å². The number of hydrogen-bond acceptors (Lipinski definition) is 6. The Bertz CT molecular complexity index is 839. The minimum Gasteiger partial charge on any atom is -0.369 e. The van der Waals surface area contributed by atoms with Gasteiger partial charge >= 0.3 is 0 Å². The Kier molecular flexibility index (Phi) is 5.45. The molecule has 0 saturated carbocycles. The molecule has 3 aromatic rings. The van der Waals surface area contributed by atoms with Crippen LogP contribution in [0.2, 0.25) is 0 Å². The number of piperazine rings is 1. The van der Waals surface area contributed by atoms with Crippen LogP contribution in [0.5, 0.6) is 0 Å². The minimum absolute atomic E-state index is 0.194. The fraction of sp³-hybridized carbons (Fsp3) is 0.421. The molecule has 2 aromatic heterocycles. The summed E-state index contributed by atoms with van der Waals surface area (Å²) in [6.07, 6.45) is 0.960. The summed E-state index contributed by atoms with van der Waals surface area (Å²) in [5.41, 5.74) is 1.08. The summed E-state index contributed by atoms with van der Waals surface area (Å²) in [6.45, 7) is 6.58. The van der Waals surface area contributed by atoms with Crippen molar-refractivity contribution in [2.24, 2.45) is 0 Å². The third kappa shape index (κ3) is 4.01. The van der Waals surface area contributed by atoms with Crippen molar-refractivity contribution in [2.45, 2.75) is 25.9 Å². The third-order valence-corrected chi connectivity index (χ3v) is 5.94. The normalized spacial score (nSPS) is 16.6. The van der Waals surface area contributed by atoms with Crippen LogP contribution >= 0.6 is 11.3 Å². The average molecular weight is 387 g/mol. The fourth-order valence-electron chi connectivity index (χ4n) is 3.66. The minimum atomic E-state index is -0.194. The Labute approximate surface area is 162 Å². The van der Waals surface area contributed by atoms with Crippen LogP contribution in [0.1, 0.15) is 30.1 Å². The molecule has 142 valence electrons. The lowest BCUT2D eigenvalue weighted by atomic mass is 10.1. The predicted octanol–water partition coefficient (Wildman–Crippen LogP) is 3.20. The van der Waals surface area contributed by atoms with E-state index in [2.05, 4.69) is 49.8 Å². The molecule has 6 nitrogen and oxygen atoms in total. The standard InChI is InChI=1S/C19H23FN6S/c1-2-18(19-21-22-23-26(19)14-17-4-3-13-27-17)25-11-9-24(10-12-25)16-7-5-15(20)6-8-16/h3-8,13,18H,2,9-12,14H2,1H3/t18-/m1/s1. The van der Waals surface area contributed by atoms with E-state index in [0.717, 1.165) is 44.1 Å². The van der Waals surface area contributed by atoms with Gasteiger partial charge in [-0.3, -0.25) is 4.90 Å². The van der Waals surface area contributed by atoms with Gasteiger partial charge in [0.25, 0.3) is 0 Å². The van der Waals surface area contributed by atoms with E-state index in [9.17, 15) is 4.39 Å². The van der Waals surface area contributed by atoms with Crippen LogP contribution in [0.4, 0.5) is 10.1 Å². The van der Waals surface area contributed by atoms with Crippen molar-refractivity contribution in [3.8, 4) is 0 Å². The topological polar surface area (TPSA) is 50.1 Å². The van der Waals surface area contributed by atoms with Crippen LogP contribution in [0, 0.1) is 5.82 Å². The van der Waals surface area contributed by atoms with Crippen molar-refractivity contribution < 1.29 is 4.39 Å². The highest BCUT2D eigenvalue weighted by molar-refractivity contribution is 7.09. The summed E-state index contributed by atoms with van der Waals surface area (Å²) >= 11 is 1.72. The van der Waals surface area contributed by atoms with E-state index >= 15 is 0 Å². The largest absolute Gasteiger partial charge is 0.369 e. The van der Waals surface area contributed by atoms with Crippen LogP contribution in [0.15, 0.2) is 41.8 Å². The Morgan fingerprint density at radius 2 is 1.89 bits per heavy atom. The lowest BCUT2D eigenvalue weighted by Gasteiger charge is -2.39. The number of rotatable bonds is 6. The monoisotopic (exact) mass is 386 g/mol. The average Bonchev–Trinajstić information content (AvgIpc) is 3.37. The highest BCUT2D eigenvalue weighted by Crippen LogP contribution is 2.26. The van der Waals surface area contributed by atoms with Gasteiger partial charge in [0, 0.05) is 36.7 Å². The molecule has 0 aliphatic carbocycles. The van der Waals surface area contributed by atoms with Crippen molar-refractivity contribution in [2.75, 3.05) is 31.1 Å². The molecule has 4 rings (SSSR count). The molecule has 3 heterocycles. The van der Waals surface area contributed by atoms with E-state index in [-0.39, 0.29) is 11.9 Å². The smallest absolute Gasteiger partial charge is 0.168 e. The lowest BCUT2D eigenvalue weighted by molar-refractivity contribution is 0.169. The number of thiophene rings is 1. The van der Waals surface area contributed by atoms with Gasteiger partial charge in [-0.15, -0.1) is 16.4 Å². The summed E-state index contributed by atoms with van der Waals surface area (Å²) in [7, 11) is 0. The molecular weight excluding hydrogens is 363 g/mol. The Hall–Kier alpha value is -2.32. The van der Waals surface area contributed by atoms with Gasteiger partial charge in [0.15, 0.2) is 5.82 Å². The molecule has 0 N–H and O–H groups in total. The zero-order valence-corrected chi connectivity index (χ0v) is 16.1. The van der Waals surface area contributed by atoms with Gasteiger partial charge in [0.1, 0.15) is 5.82 Å². The second-order valence-electron chi connectivity index (χ2n) is 6.70. The molecule has 1 aliphatic rings. The molecule has 0 bridgehead atoms.